The Morgan fingerprint density at radius 3 is 2.61 bits per heavy atom. The van der Waals surface area contributed by atoms with Crippen molar-refractivity contribution in [2.45, 2.75) is 38.6 Å². The minimum absolute atomic E-state index is 0.180. The summed E-state index contributed by atoms with van der Waals surface area (Å²) in [5, 5.41) is 1.96. The number of aromatic nitrogens is 1. The molecule has 1 atom stereocenters. The molecule has 4 heteroatoms. The number of likely N-dealkylation sites (tertiary alicyclic amines) is 1. The average molecular weight is 328 g/mol. The molecule has 1 unspecified atom stereocenters. The Hall–Kier alpha value is -1.39. The summed E-state index contributed by atoms with van der Waals surface area (Å²) in [4.78, 5) is 14.7. The van der Waals surface area contributed by atoms with E-state index in [2.05, 4.69) is 35.2 Å². The first-order valence-corrected chi connectivity index (χ1v) is 9.48. The maximum absolute atomic E-state index is 11.9. The van der Waals surface area contributed by atoms with E-state index in [1.165, 1.54) is 42.7 Å². The number of aryl methyl sites for hydroxylation is 1. The minimum atomic E-state index is 0.180. The number of hydrogen-bond acceptors (Lipinski definition) is 3. The summed E-state index contributed by atoms with van der Waals surface area (Å²) < 4.78 is 1.92. The maximum Gasteiger partial charge on any atom is 0.307 e. The normalized spacial score (nSPS) is 23.3. The fraction of sp³-hybridized carbons (Fsp3) is 0.526. The van der Waals surface area contributed by atoms with Gasteiger partial charge in [-0.3, -0.25) is 4.79 Å². The summed E-state index contributed by atoms with van der Waals surface area (Å²) in [5.41, 5.74) is 3.09. The van der Waals surface area contributed by atoms with Gasteiger partial charge in [-0.2, -0.15) is 0 Å². The summed E-state index contributed by atoms with van der Waals surface area (Å²) in [6.45, 7) is 6.18. The number of rotatable bonds is 4. The van der Waals surface area contributed by atoms with Gasteiger partial charge in [-0.1, -0.05) is 48.1 Å². The molecule has 1 aromatic carbocycles. The van der Waals surface area contributed by atoms with Crippen molar-refractivity contribution in [3.05, 3.63) is 56.6 Å². The molecule has 122 valence electrons. The van der Waals surface area contributed by atoms with Gasteiger partial charge in [0, 0.05) is 43.2 Å². The fourth-order valence-electron chi connectivity index (χ4n) is 4.44. The van der Waals surface area contributed by atoms with Crippen molar-refractivity contribution in [3.8, 4) is 0 Å². The average Bonchev–Trinajstić information content (AvgIpc) is 3.07. The Morgan fingerprint density at radius 2 is 2.00 bits per heavy atom. The smallest absolute Gasteiger partial charge is 0.302 e. The van der Waals surface area contributed by atoms with Gasteiger partial charge >= 0.3 is 4.87 Å². The first-order chi connectivity index (χ1) is 11.2. The second-order valence-corrected chi connectivity index (χ2v) is 8.03. The molecule has 2 aliphatic rings. The molecule has 1 aromatic heterocycles. The monoisotopic (exact) mass is 328 g/mol. The predicted octanol–water partition coefficient (Wildman–Crippen LogP) is 3.49. The summed E-state index contributed by atoms with van der Waals surface area (Å²) in [6, 6.07) is 11.0. The number of thiazole rings is 1. The lowest BCUT2D eigenvalue weighted by molar-refractivity contribution is 0.120. The van der Waals surface area contributed by atoms with Gasteiger partial charge in [-0.05, 0) is 30.7 Å². The van der Waals surface area contributed by atoms with Crippen molar-refractivity contribution in [2.75, 3.05) is 19.6 Å². The molecule has 1 saturated carbocycles. The standard InChI is InChI=1S/C19H24N2OS/c1-15-13-23-18(22)21(15)11-10-20-12-17(16-6-3-2-4-7-16)19(14-20)8-5-9-19/h2-4,6-7,13,17H,5,8-12,14H2,1H3. The number of hydrogen-bond donors (Lipinski definition) is 0. The third-order valence-electron chi connectivity index (χ3n) is 5.89. The molecule has 0 radical (unpaired) electrons. The minimum Gasteiger partial charge on any atom is -0.302 e. The first kappa shape index (κ1) is 15.2. The molecule has 4 rings (SSSR count). The van der Waals surface area contributed by atoms with Crippen LogP contribution in [0.4, 0.5) is 0 Å². The molecule has 23 heavy (non-hydrogen) atoms. The van der Waals surface area contributed by atoms with Crippen LogP contribution in [-0.4, -0.2) is 29.1 Å². The van der Waals surface area contributed by atoms with Crippen LogP contribution in [0.5, 0.6) is 0 Å². The molecule has 2 heterocycles. The van der Waals surface area contributed by atoms with Crippen molar-refractivity contribution < 1.29 is 0 Å². The van der Waals surface area contributed by atoms with Crippen LogP contribution < -0.4 is 4.87 Å². The predicted molar refractivity (Wildman–Crippen MR) is 95.2 cm³/mol. The summed E-state index contributed by atoms with van der Waals surface area (Å²) in [5.74, 6) is 0.665. The van der Waals surface area contributed by atoms with E-state index in [1.54, 1.807) is 0 Å². The quantitative estimate of drug-likeness (QED) is 0.858. The third-order valence-corrected chi connectivity index (χ3v) is 6.77. The molecule has 3 nitrogen and oxygen atoms in total. The summed E-state index contributed by atoms with van der Waals surface area (Å²) >= 11 is 1.32. The van der Waals surface area contributed by atoms with Crippen LogP contribution in [0, 0.1) is 12.3 Å². The van der Waals surface area contributed by atoms with Gasteiger partial charge in [0.15, 0.2) is 0 Å². The van der Waals surface area contributed by atoms with E-state index in [-0.39, 0.29) is 4.87 Å². The highest BCUT2D eigenvalue weighted by atomic mass is 32.1. The highest BCUT2D eigenvalue weighted by Gasteiger charge is 2.50. The van der Waals surface area contributed by atoms with Crippen molar-refractivity contribution in [1.29, 1.82) is 0 Å². The van der Waals surface area contributed by atoms with Crippen LogP contribution in [0.3, 0.4) is 0 Å². The second kappa shape index (κ2) is 5.91. The highest BCUT2D eigenvalue weighted by molar-refractivity contribution is 7.07. The van der Waals surface area contributed by atoms with Gasteiger partial charge in [-0.15, -0.1) is 0 Å². The van der Waals surface area contributed by atoms with Gasteiger partial charge in [-0.25, -0.2) is 0 Å². The maximum atomic E-state index is 11.9. The van der Waals surface area contributed by atoms with Gasteiger partial charge in [0.2, 0.25) is 0 Å². The van der Waals surface area contributed by atoms with Gasteiger partial charge < -0.3 is 9.47 Å². The summed E-state index contributed by atoms with van der Waals surface area (Å²) in [6.07, 6.45) is 4.10. The van der Waals surface area contributed by atoms with Crippen LogP contribution in [0.1, 0.15) is 36.4 Å². The Bertz CT molecular complexity index is 729. The van der Waals surface area contributed by atoms with Crippen LogP contribution in [0.25, 0.3) is 0 Å². The zero-order chi connectivity index (χ0) is 15.9. The first-order valence-electron chi connectivity index (χ1n) is 8.60. The van der Waals surface area contributed by atoms with E-state index in [4.69, 9.17) is 0 Å². The van der Waals surface area contributed by atoms with Crippen LogP contribution in [0.2, 0.25) is 0 Å². The molecule has 1 saturated heterocycles. The van der Waals surface area contributed by atoms with Crippen molar-refractivity contribution in [3.63, 3.8) is 0 Å². The second-order valence-electron chi connectivity index (χ2n) is 7.21. The van der Waals surface area contributed by atoms with Gasteiger partial charge in [0.05, 0.1) is 0 Å². The van der Waals surface area contributed by atoms with Crippen molar-refractivity contribution >= 4 is 11.3 Å². The molecule has 1 aliphatic carbocycles. The highest BCUT2D eigenvalue weighted by Crippen LogP contribution is 2.55. The van der Waals surface area contributed by atoms with Crippen LogP contribution >= 0.6 is 11.3 Å². The third kappa shape index (κ3) is 2.68. The molecular formula is C19H24N2OS. The van der Waals surface area contributed by atoms with Gasteiger partial charge in [0.1, 0.15) is 0 Å². The van der Waals surface area contributed by atoms with Crippen LogP contribution in [-0.2, 0) is 6.54 Å². The molecule has 2 fully saturated rings. The van der Waals surface area contributed by atoms with Crippen molar-refractivity contribution in [2.24, 2.45) is 5.41 Å². The van der Waals surface area contributed by atoms with Crippen molar-refractivity contribution in [1.82, 2.24) is 9.47 Å². The zero-order valence-corrected chi connectivity index (χ0v) is 14.5. The van der Waals surface area contributed by atoms with Gasteiger partial charge in [0.25, 0.3) is 0 Å². The lowest BCUT2D eigenvalue weighted by atomic mass is 9.61. The fourth-order valence-corrected chi connectivity index (χ4v) is 5.20. The Morgan fingerprint density at radius 1 is 1.22 bits per heavy atom. The molecule has 0 bridgehead atoms. The summed E-state index contributed by atoms with van der Waals surface area (Å²) in [7, 11) is 0. The molecule has 1 aliphatic heterocycles. The Kier molecular flexibility index (Phi) is 3.90. The molecule has 2 aromatic rings. The van der Waals surface area contributed by atoms with Crippen LogP contribution in [0.15, 0.2) is 40.5 Å². The lowest BCUT2D eigenvalue weighted by Gasteiger charge is -2.43. The number of nitrogens with zero attached hydrogens (tertiary/aromatic N) is 2. The molecular weight excluding hydrogens is 304 g/mol. The van der Waals surface area contributed by atoms with E-state index in [0.717, 1.165) is 25.3 Å². The van der Waals surface area contributed by atoms with E-state index in [1.807, 2.05) is 16.9 Å². The molecule has 0 N–H and O–H groups in total. The Balaban J connectivity index is 1.48. The molecule has 0 amide bonds. The largest absolute Gasteiger partial charge is 0.307 e. The molecule has 1 spiro atoms. The Labute approximate surface area is 141 Å². The lowest BCUT2D eigenvalue weighted by Crippen LogP contribution is -2.37. The van der Waals surface area contributed by atoms with E-state index >= 15 is 0 Å². The zero-order valence-electron chi connectivity index (χ0n) is 13.7. The SMILES string of the molecule is Cc1csc(=O)n1CCN1CC(c2ccccc2)C2(CCC2)C1. The van der Waals surface area contributed by atoms with E-state index < -0.39 is 0 Å². The number of benzene rings is 1. The van der Waals surface area contributed by atoms with E-state index in [9.17, 15) is 4.79 Å². The van der Waals surface area contributed by atoms with E-state index in [0.29, 0.717) is 11.3 Å². The topological polar surface area (TPSA) is 25.2 Å².